The van der Waals surface area contributed by atoms with Gasteiger partial charge in [-0.2, -0.15) is 4.37 Å². The lowest BCUT2D eigenvalue weighted by molar-refractivity contribution is 0.102. The van der Waals surface area contributed by atoms with Crippen molar-refractivity contribution in [2.24, 2.45) is 0 Å². The number of methoxy groups -OCH3 is 2. The van der Waals surface area contributed by atoms with Crippen molar-refractivity contribution in [2.45, 2.75) is 6.42 Å². The lowest BCUT2D eigenvalue weighted by Crippen LogP contribution is -2.47. The number of ether oxygens (including phenoxy) is 2. The van der Waals surface area contributed by atoms with Gasteiger partial charge in [0.25, 0.3) is 5.91 Å². The molecule has 1 saturated heterocycles. The maximum atomic E-state index is 13.0. The SMILES string of the molecule is COc1ccc(C(=O)Nc2ccccc2CCN2CCN(c3nsc4ccccc34)CC2)c(OC)c1. The zero-order valence-corrected chi connectivity index (χ0v) is 21.4. The van der Waals surface area contributed by atoms with Gasteiger partial charge < -0.3 is 19.7 Å². The van der Waals surface area contributed by atoms with E-state index in [2.05, 4.69) is 45.4 Å². The molecular formula is C28H30N4O3S. The summed E-state index contributed by atoms with van der Waals surface area (Å²) in [5.74, 6) is 2.03. The van der Waals surface area contributed by atoms with E-state index in [-0.39, 0.29) is 5.91 Å². The van der Waals surface area contributed by atoms with E-state index in [1.54, 1.807) is 44.0 Å². The number of hydrogen-bond acceptors (Lipinski definition) is 7. The molecule has 0 unspecified atom stereocenters. The van der Waals surface area contributed by atoms with Crippen LogP contribution in [-0.2, 0) is 6.42 Å². The van der Waals surface area contributed by atoms with Crippen LogP contribution in [0.25, 0.3) is 10.1 Å². The highest BCUT2D eigenvalue weighted by atomic mass is 32.1. The summed E-state index contributed by atoms with van der Waals surface area (Å²) in [5.41, 5.74) is 2.41. The number of rotatable bonds is 8. The summed E-state index contributed by atoms with van der Waals surface area (Å²) < 4.78 is 16.6. The number of nitrogens with zero attached hydrogens (tertiary/aromatic N) is 3. The van der Waals surface area contributed by atoms with Crippen molar-refractivity contribution in [1.29, 1.82) is 0 Å². The van der Waals surface area contributed by atoms with Crippen LogP contribution in [0.4, 0.5) is 11.5 Å². The maximum absolute atomic E-state index is 13.0. The molecule has 8 heteroatoms. The molecule has 1 N–H and O–H groups in total. The molecule has 7 nitrogen and oxygen atoms in total. The molecule has 1 amide bonds. The molecule has 0 aliphatic carbocycles. The number of hydrogen-bond donors (Lipinski definition) is 1. The predicted molar refractivity (Wildman–Crippen MR) is 146 cm³/mol. The van der Waals surface area contributed by atoms with E-state index in [4.69, 9.17) is 13.8 Å². The largest absolute Gasteiger partial charge is 0.497 e. The first-order valence-corrected chi connectivity index (χ1v) is 12.9. The van der Waals surface area contributed by atoms with Gasteiger partial charge in [-0.3, -0.25) is 9.69 Å². The molecular weight excluding hydrogens is 472 g/mol. The molecule has 1 fully saturated rings. The van der Waals surface area contributed by atoms with Gasteiger partial charge in [0.2, 0.25) is 0 Å². The summed E-state index contributed by atoms with van der Waals surface area (Å²) in [5, 5.41) is 4.32. The number of fused-ring (bicyclic) bond motifs is 1. The van der Waals surface area contributed by atoms with Crippen molar-refractivity contribution in [1.82, 2.24) is 9.27 Å². The molecule has 36 heavy (non-hydrogen) atoms. The molecule has 1 aliphatic heterocycles. The van der Waals surface area contributed by atoms with Crippen LogP contribution in [0.1, 0.15) is 15.9 Å². The summed E-state index contributed by atoms with van der Waals surface area (Å²) in [6.07, 6.45) is 0.857. The first-order valence-electron chi connectivity index (χ1n) is 12.1. The molecule has 0 saturated carbocycles. The Hall–Kier alpha value is -3.62. The topological polar surface area (TPSA) is 66.9 Å². The molecule has 0 bridgehead atoms. The Morgan fingerprint density at radius 1 is 0.972 bits per heavy atom. The fourth-order valence-corrected chi connectivity index (χ4v) is 5.39. The van der Waals surface area contributed by atoms with Crippen molar-refractivity contribution >= 4 is 39.0 Å². The quantitative estimate of drug-likeness (QED) is 0.369. The third-order valence-corrected chi connectivity index (χ3v) is 7.46. The van der Waals surface area contributed by atoms with E-state index in [9.17, 15) is 4.79 Å². The third kappa shape index (κ3) is 5.15. The van der Waals surface area contributed by atoms with Gasteiger partial charge >= 0.3 is 0 Å². The fraction of sp³-hybridized carbons (Fsp3) is 0.286. The minimum atomic E-state index is -0.203. The van der Waals surface area contributed by atoms with Crippen LogP contribution in [0.15, 0.2) is 66.7 Å². The summed E-state index contributed by atoms with van der Waals surface area (Å²) in [6.45, 7) is 4.84. The Labute approximate surface area is 215 Å². The van der Waals surface area contributed by atoms with Gasteiger partial charge in [-0.1, -0.05) is 30.3 Å². The number of benzene rings is 3. The number of nitrogens with one attached hydrogen (secondary N) is 1. The second-order valence-corrected chi connectivity index (χ2v) is 9.56. The van der Waals surface area contributed by atoms with Crippen molar-refractivity contribution in [3.05, 3.63) is 77.9 Å². The highest BCUT2D eigenvalue weighted by Gasteiger charge is 2.21. The predicted octanol–water partition coefficient (Wildman–Crippen LogP) is 4.93. The minimum Gasteiger partial charge on any atom is -0.497 e. The molecule has 2 heterocycles. The highest BCUT2D eigenvalue weighted by molar-refractivity contribution is 7.13. The van der Waals surface area contributed by atoms with Gasteiger partial charge in [0.1, 0.15) is 17.3 Å². The molecule has 1 aromatic heterocycles. The van der Waals surface area contributed by atoms with Crippen molar-refractivity contribution in [3.8, 4) is 11.5 Å². The van der Waals surface area contributed by atoms with Gasteiger partial charge in [0.15, 0.2) is 0 Å². The average Bonchev–Trinajstić information content (AvgIpc) is 3.36. The van der Waals surface area contributed by atoms with Gasteiger partial charge in [0.05, 0.1) is 24.5 Å². The second-order valence-electron chi connectivity index (χ2n) is 8.76. The minimum absolute atomic E-state index is 0.203. The third-order valence-electron chi connectivity index (χ3n) is 6.65. The van der Waals surface area contributed by atoms with E-state index in [1.165, 1.54) is 10.1 Å². The smallest absolute Gasteiger partial charge is 0.259 e. The number of piperazine rings is 1. The molecule has 1 aliphatic rings. The molecule has 186 valence electrons. The van der Waals surface area contributed by atoms with E-state index >= 15 is 0 Å². The number of anilines is 2. The lowest BCUT2D eigenvalue weighted by atomic mass is 10.1. The zero-order chi connectivity index (χ0) is 24.9. The van der Waals surface area contributed by atoms with E-state index < -0.39 is 0 Å². The second kappa shape index (κ2) is 11.0. The molecule has 4 aromatic rings. The van der Waals surface area contributed by atoms with Crippen LogP contribution in [0.3, 0.4) is 0 Å². The van der Waals surface area contributed by atoms with Gasteiger partial charge in [-0.05, 0) is 53.8 Å². The molecule has 5 rings (SSSR count). The standard InChI is InChI=1S/C28H30N4O3S/c1-34-21-11-12-22(25(19-21)35-2)28(33)29-24-9-5-3-7-20(24)13-14-31-15-17-32(18-16-31)27-23-8-4-6-10-26(23)36-30-27/h3-12,19H,13-18H2,1-2H3,(H,29,33). The Bertz CT molecular complexity index is 1350. The highest BCUT2D eigenvalue weighted by Crippen LogP contribution is 2.30. The molecule has 3 aromatic carbocycles. The van der Waals surface area contributed by atoms with Crippen molar-refractivity contribution in [3.63, 3.8) is 0 Å². The normalized spacial score (nSPS) is 14.1. The van der Waals surface area contributed by atoms with Gasteiger partial charge in [0, 0.05) is 49.9 Å². The van der Waals surface area contributed by atoms with E-state index in [0.717, 1.165) is 56.2 Å². The number of amides is 1. The van der Waals surface area contributed by atoms with Crippen LogP contribution in [0, 0.1) is 0 Å². The van der Waals surface area contributed by atoms with Gasteiger partial charge in [-0.15, -0.1) is 0 Å². The number of aromatic nitrogens is 1. The van der Waals surface area contributed by atoms with Crippen LogP contribution in [0.2, 0.25) is 0 Å². The summed E-state index contributed by atoms with van der Waals surface area (Å²) >= 11 is 1.57. The summed E-state index contributed by atoms with van der Waals surface area (Å²) in [4.78, 5) is 17.9. The van der Waals surface area contributed by atoms with Crippen molar-refractivity contribution < 1.29 is 14.3 Å². The van der Waals surface area contributed by atoms with Crippen LogP contribution in [-0.4, -0.2) is 62.1 Å². The monoisotopic (exact) mass is 502 g/mol. The van der Waals surface area contributed by atoms with E-state index in [1.807, 2.05) is 18.2 Å². The Balaban J connectivity index is 1.20. The number of carbonyl (C=O) groups is 1. The Kier molecular flexibility index (Phi) is 7.34. The number of carbonyl (C=O) groups excluding carboxylic acids is 1. The number of para-hydroxylation sites is 1. The lowest BCUT2D eigenvalue weighted by Gasteiger charge is -2.35. The molecule has 0 spiro atoms. The average molecular weight is 503 g/mol. The van der Waals surface area contributed by atoms with Gasteiger partial charge in [-0.25, -0.2) is 0 Å². The van der Waals surface area contributed by atoms with Crippen LogP contribution < -0.4 is 19.7 Å². The molecule has 0 atom stereocenters. The van der Waals surface area contributed by atoms with Crippen LogP contribution in [0.5, 0.6) is 11.5 Å². The van der Waals surface area contributed by atoms with Crippen molar-refractivity contribution in [2.75, 3.05) is 57.2 Å². The van der Waals surface area contributed by atoms with Crippen LogP contribution >= 0.6 is 11.5 Å². The summed E-state index contributed by atoms with van der Waals surface area (Å²) in [6, 6.07) is 21.6. The molecule has 0 radical (unpaired) electrons. The van der Waals surface area contributed by atoms with E-state index in [0.29, 0.717) is 17.1 Å². The first kappa shape index (κ1) is 24.1. The Morgan fingerprint density at radius 3 is 2.56 bits per heavy atom. The fourth-order valence-electron chi connectivity index (χ4n) is 4.60. The maximum Gasteiger partial charge on any atom is 0.259 e. The zero-order valence-electron chi connectivity index (χ0n) is 20.6. The Morgan fingerprint density at radius 2 is 1.75 bits per heavy atom. The first-order chi connectivity index (χ1) is 17.7. The summed E-state index contributed by atoms with van der Waals surface area (Å²) in [7, 11) is 3.14.